The van der Waals surface area contributed by atoms with Gasteiger partial charge in [-0.25, -0.2) is 4.79 Å². The average Bonchev–Trinajstić information content (AvgIpc) is 3.17. The van der Waals surface area contributed by atoms with Crippen LogP contribution in [0.3, 0.4) is 0 Å². The molecule has 1 aromatic rings. The van der Waals surface area contributed by atoms with Crippen molar-refractivity contribution >= 4 is 23.4 Å². The van der Waals surface area contributed by atoms with E-state index in [1.165, 1.54) is 19.0 Å². The van der Waals surface area contributed by atoms with Gasteiger partial charge in [0.25, 0.3) is 0 Å². The molecule has 0 bridgehead atoms. The van der Waals surface area contributed by atoms with Gasteiger partial charge in [0.2, 0.25) is 5.91 Å². The predicted octanol–water partition coefficient (Wildman–Crippen LogP) is 1.62. The zero-order chi connectivity index (χ0) is 21.1. The Hall–Kier alpha value is -2.64. The molecular formula is C22H31N5O3. The normalized spacial score (nSPS) is 21.2. The minimum absolute atomic E-state index is 0.0430. The van der Waals surface area contributed by atoms with Crippen molar-refractivity contribution in [2.75, 3.05) is 57.3 Å². The van der Waals surface area contributed by atoms with Gasteiger partial charge < -0.3 is 19.6 Å². The number of carbonyl (C=O) groups excluding carboxylic acids is 3. The van der Waals surface area contributed by atoms with Gasteiger partial charge in [0.1, 0.15) is 5.78 Å². The van der Waals surface area contributed by atoms with Crippen LogP contribution in [0.2, 0.25) is 0 Å². The van der Waals surface area contributed by atoms with Crippen LogP contribution in [0.15, 0.2) is 24.5 Å². The number of urea groups is 1. The van der Waals surface area contributed by atoms with E-state index in [4.69, 9.17) is 0 Å². The lowest BCUT2D eigenvalue weighted by Crippen LogP contribution is -2.56. The zero-order valence-corrected chi connectivity index (χ0v) is 17.8. The van der Waals surface area contributed by atoms with Crippen LogP contribution in [-0.4, -0.2) is 89.8 Å². The Balaban J connectivity index is 1.25. The molecule has 162 valence electrons. The first-order chi connectivity index (χ1) is 14.5. The molecule has 0 radical (unpaired) electrons. The number of carbonyl (C=O) groups is 3. The number of aromatic nitrogens is 1. The Morgan fingerprint density at radius 2 is 1.43 bits per heavy atom. The van der Waals surface area contributed by atoms with Crippen molar-refractivity contribution in [1.29, 1.82) is 0 Å². The summed E-state index contributed by atoms with van der Waals surface area (Å²) in [5, 5.41) is 0. The number of hydrogen-bond donors (Lipinski definition) is 0. The van der Waals surface area contributed by atoms with Crippen molar-refractivity contribution in [3.8, 4) is 0 Å². The molecule has 30 heavy (non-hydrogen) atoms. The Bertz CT molecular complexity index is 783. The fraction of sp³-hybridized carbons (Fsp3) is 0.636. The van der Waals surface area contributed by atoms with Crippen LogP contribution in [0.5, 0.6) is 0 Å². The van der Waals surface area contributed by atoms with Gasteiger partial charge in [-0.2, -0.15) is 0 Å². The van der Waals surface area contributed by atoms with Crippen molar-refractivity contribution in [3.63, 3.8) is 0 Å². The summed E-state index contributed by atoms with van der Waals surface area (Å²) in [7, 11) is 0. The van der Waals surface area contributed by atoms with Gasteiger partial charge in [0, 0.05) is 70.4 Å². The maximum absolute atomic E-state index is 13.0. The maximum Gasteiger partial charge on any atom is 0.320 e. The van der Waals surface area contributed by atoms with Crippen molar-refractivity contribution in [2.24, 2.45) is 5.41 Å². The Labute approximate surface area is 177 Å². The SMILES string of the molecule is CC(=O)CC(=O)N1CCN(C(=O)N2CCC3(CC2)CCN(c2ccncc2)C3)CC1. The summed E-state index contributed by atoms with van der Waals surface area (Å²) in [6.45, 7) is 7.25. The van der Waals surface area contributed by atoms with Crippen LogP contribution in [0.25, 0.3) is 0 Å². The van der Waals surface area contributed by atoms with Crippen molar-refractivity contribution < 1.29 is 14.4 Å². The first kappa shape index (κ1) is 20.6. The highest BCUT2D eigenvalue weighted by Crippen LogP contribution is 2.41. The van der Waals surface area contributed by atoms with Gasteiger partial charge in [0.15, 0.2) is 0 Å². The number of piperidine rings is 1. The second kappa shape index (κ2) is 8.62. The molecule has 1 aromatic heterocycles. The van der Waals surface area contributed by atoms with E-state index < -0.39 is 0 Å². The molecule has 0 aliphatic carbocycles. The van der Waals surface area contributed by atoms with Gasteiger partial charge in [-0.3, -0.25) is 14.6 Å². The third kappa shape index (κ3) is 4.42. The largest absolute Gasteiger partial charge is 0.371 e. The van der Waals surface area contributed by atoms with Crippen molar-refractivity contribution in [3.05, 3.63) is 24.5 Å². The van der Waals surface area contributed by atoms with E-state index in [1.54, 1.807) is 4.90 Å². The van der Waals surface area contributed by atoms with Crippen molar-refractivity contribution in [1.82, 2.24) is 19.7 Å². The van der Waals surface area contributed by atoms with Gasteiger partial charge in [-0.1, -0.05) is 0 Å². The first-order valence-electron chi connectivity index (χ1n) is 10.9. The summed E-state index contributed by atoms with van der Waals surface area (Å²) < 4.78 is 0. The summed E-state index contributed by atoms with van der Waals surface area (Å²) in [5.74, 6) is -0.246. The molecular weight excluding hydrogens is 382 g/mol. The molecule has 8 nitrogen and oxygen atoms in total. The molecule has 3 aliphatic heterocycles. The van der Waals surface area contributed by atoms with Gasteiger partial charge in [0.05, 0.1) is 6.42 Å². The fourth-order valence-electron chi connectivity index (χ4n) is 4.96. The number of piperazine rings is 1. The van der Waals surface area contributed by atoms with Crippen LogP contribution >= 0.6 is 0 Å². The summed E-state index contributed by atoms with van der Waals surface area (Å²) >= 11 is 0. The number of nitrogens with zero attached hydrogens (tertiary/aromatic N) is 5. The quantitative estimate of drug-likeness (QED) is 0.704. The molecule has 0 N–H and O–H groups in total. The standard InChI is InChI=1S/C22H31N5O3/c1-18(28)16-20(29)24-12-14-26(15-13-24)21(30)25-9-4-22(5-10-25)6-11-27(17-22)19-2-7-23-8-3-19/h2-3,7-8H,4-6,9-17H2,1H3. The van der Waals surface area contributed by atoms with Crippen LogP contribution in [-0.2, 0) is 9.59 Å². The lowest BCUT2D eigenvalue weighted by atomic mass is 9.78. The average molecular weight is 414 g/mol. The summed E-state index contributed by atoms with van der Waals surface area (Å²) in [4.78, 5) is 48.3. The molecule has 3 aliphatic rings. The van der Waals surface area contributed by atoms with Crippen LogP contribution in [0.4, 0.5) is 10.5 Å². The zero-order valence-electron chi connectivity index (χ0n) is 17.8. The number of rotatable bonds is 3. The molecule has 3 amide bonds. The number of Topliss-reactive ketones (excluding diaryl/α,β-unsaturated/α-hetero) is 1. The Kier molecular flexibility index (Phi) is 5.92. The number of pyridine rings is 1. The smallest absolute Gasteiger partial charge is 0.320 e. The summed E-state index contributed by atoms with van der Waals surface area (Å²) in [5.41, 5.74) is 1.54. The molecule has 1 spiro atoms. The minimum atomic E-state index is -0.130. The highest BCUT2D eigenvalue weighted by molar-refractivity contribution is 5.96. The van der Waals surface area contributed by atoms with E-state index >= 15 is 0 Å². The summed E-state index contributed by atoms with van der Waals surface area (Å²) in [6.07, 6.45) is 6.89. The Morgan fingerprint density at radius 1 is 0.867 bits per heavy atom. The molecule has 3 saturated heterocycles. The van der Waals surface area contributed by atoms with Crippen LogP contribution < -0.4 is 4.90 Å². The maximum atomic E-state index is 13.0. The summed E-state index contributed by atoms with van der Waals surface area (Å²) in [6, 6.07) is 4.23. The molecule has 0 saturated carbocycles. The minimum Gasteiger partial charge on any atom is -0.371 e. The lowest BCUT2D eigenvalue weighted by molar-refractivity contribution is -0.136. The van der Waals surface area contributed by atoms with Crippen molar-refractivity contribution in [2.45, 2.75) is 32.6 Å². The fourth-order valence-corrected chi connectivity index (χ4v) is 4.96. The van der Waals surface area contributed by atoms with E-state index in [-0.39, 0.29) is 24.1 Å². The molecule has 4 rings (SSSR count). The van der Waals surface area contributed by atoms with E-state index in [1.807, 2.05) is 22.2 Å². The Morgan fingerprint density at radius 3 is 2.07 bits per heavy atom. The molecule has 0 atom stereocenters. The van der Waals surface area contributed by atoms with Crippen LogP contribution in [0.1, 0.15) is 32.6 Å². The van der Waals surface area contributed by atoms with E-state index in [0.29, 0.717) is 31.6 Å². The van der Waals surface area contributed by atoms with E-state index in [9.17, 15) is 14.4 Å². The number of likely N-dealkylation sites (tertiary alicyclic amines) is 1. The first-order valence-corrected chi connectivity index (χ1v) is 10.9. The highest BCUT2D eigenvalue weighted by Gasteiger charge is 2.42. The highest BCUT2D eigenvalue weighted by atomic mass is 16.2. The van der Waals surface area contributed by atoms with E-state index in [2.05, 4.69) is 22.0 Å². The van der Waals surface area contributed by atoms with Gasteiger partial charge >= 0.3 is 6.03 Å². The monoisotopic (exact) mass is 413 g/mol. The second-order valence-corrected chi connectivity index (χ2v) is 8.89. The van der Waals surface area contributed by atoms with Gasteiger partial charge in [-0.15, -0.1) is 0 Å². The molecule has 8 heteroatoms. The second-order valence-electron chi connectivity index (χ2n) is 8.89. The topological polar surface area (TPSA) is 77.1 Å². The molecule has 3 fully saturated rings. The third-order valence-corrected chi connectivity index (χ3v) is 6.86. The van der Waals surface area contributed by atoms with Gasteiger partial charge in [-0.05, 0) is 43.7 Å². The number of hydrogen-bond acceptors (Lipinski definition) is 5. The number of anilines is 1. The van der Waals surface area contributed by atoms with E-state index in [0.717, 1.165) is 39.0 Å². The lowest BCUT2D eigenvalue weighted by Gasteiger charge is -2.42. The number of ketones is 1. The molecule has 0 aromatic carbocycles. The molecule has 4 heterocycles. The predicted molar refractivity (Wildman–Crippen MR) is 113 cm³/mol. The number of amides is 3. The van der Waals surface area contributed by atoms with Crippen LogP contribution in [0, 0.1) is 5.41 Å². The third-order valence-electron chi connectivity index (χ3n) is 6.86. The molecule has 0 unspecified atom stereocenters.